The van der Waals surface area contributed by atoms with Gasteiger partial charge in [-0.1, -0.05) is 114 Å². The molecule has 0 aliphatic carbocycles. The Labute approximate surface area is 207 Å². The summed E-state index contributed by atoms with van der Waals surface area (Å²) in [5.74, 6) is 0.165. The molecule has 0 fully saturated rings. The van der Waals surface area contributed by atoms with Crippen molar-refractivity contribution in [1.82, 2.24) is 0 Å². The van der Waals surface area contributed by atoms with Gasteiger partial charge in [-0.05, 0) is 18.4 Å². The van der Waals surface area contributed by atoms with E-state index in [4.69, 9.17) is 0 Å². The number of pyridine rings is 1. The van der Waals surface area contributed by atoms with Crippen molar-refractivity contribution in [2.75, 3.05) is 0 Å². The number of hydrogen-bond donors (Lipinski definition) is 0. The monoisotopic (exact) mass is 535 g/mol. The molecule has 0 amide bonds. The Bertz CT molecular complexity index is 684. The smallest absolute Gasteiger partial charge is 0.227 e. The van der Waals surface area contributed by atoms with E-state index in [1.807, 2.05) is 47.3 Å². The molecule has 0 atom stereocenters. The van der Waals surface area contributed by atoms with Gasteiger partial charge in [-0.2, -0.15) is 4.57 Å². The third kappa shape index (κ3) is 13.0. The summed E-state index contributed by atoms with van der Waals surface area (Å²) in [6, 6.07) is 14.1. The third-order valence-electron chi connectivity index (χ3n) is 5.95. The summed E-state index contributed by atoms with van der Waals surface area (Å²) in [5, 5.41) is 0. The van der Waals surface area contributed by atoms with Gasteiger partial charge in [0.25, 0.3) is 0 Å². The first-order chi connectivity index (χ1) is 14.8. The van der Waals surface area contributed by atoms with Crippen LogP contribution in [0.25, 0.3) is 0 Å². The number of benzene rings is 1. The Morgan fingerprint density at radius 1 is 0.677 bits per heavy atom. The molecule has 1 heterocycles. The second kappa shape index (κ2) is 18.4. The number of carbonyl (C=O) groups excluding carboxylic acids is 1. The van der Waals surface area contributed by atoms with Crippen LogP contribution in [0.4, 0.5) is 0 Å². The number of hydrogen-bond acceptors (Lipinski definition) is 1. The molecule has 1 aromatic carbocycles. The molecule has 1 aromatic heterocycles. The maximum Gasteiger partial charge on any atom is 0.227 e. The summed E-state index contributed by atoms with van der Waals surface area (Å²) in [6.45, 7) is 2.68. The quantitative estimate of drug-likeness (QED) is 0.127. The van der Waals surface area contributed by atoms with E-state index >= 15 is 0 Å². The molecule has 0 radical (unpaired) electrons. The van der Waals surface area contributed by atoms with Gasteiger partial charge in [0.2, 0.25) is 12.3 Å². The van der Waals surface area contributed by atoms with Crippen LogP contribution in [0.1, 0.15) is 106 Å². The zero-order valence-electron chi connectivity index (χ0n) is 19.5. The summed E-state index contributed by atoms with van der Waals surface area (Å²) in [7, 11) is 0. The second-order valence-corrected chi connectivity index (χ2v) is 8.66. The SMILES string of the molecule is CCCCCCCCCCCCCCCc1ccc(C(=O)C[n+]2ccccc2)cc1.[I-]. The zero-order valence-corrected chi connectivity index (χ0v) is 21.7. The van der Waals surface area contributed by atoms with Crippen LogP contribution < -0.4 is 28.5 Å². The van der Waals surface area contributed by atoms with Gasteiger partial charge in [0.05, 0.1) is 0 Å². The molecule has 0 aliphatic rings. The molecule has 0 saturated carbocycles. The molecule has 2 nitrogen and oxygen atoms in total. The first-order valence-electron chi connectivity index (χ1n) is 12.4. The minimum absolute atomic E-state index is 0. The number of Topliss-reactive ketones (excluding diaryl/α,β-unsaturated/α-hetero) is 1. The molecule has 0 saturated heterocycles. The molecule has 172 valence electrons. The fraction of sp³-hybridized carbons (Fsp3) is 0.571. The van der Waals surface area contributed by atoms with Crippen LogP contribution >= 0.6 is 0 Å². The number of carbonyl (C=O) groups is 1. The third-order valence-corrected chi connectivity index (χ3v) is 5.95. The van der Waals surface area contributed by atoms with Crippen molar-refractivity contribution in [2.45, 2.75) is 103 Å². The van der Waals surface area contributed by atoms with E-state index in [2.05, 4.69) is 19.1 Å². The Balaban J connectivity index is 0.00000480. The van der Waals surface area contributed by atoms with Crippen LogP contribution in [0, 0.1) is 0 Å². The molecule has 31 heavy (non-hydrogen) atoms. The van der Waals surface area contributed by atoms with Crippen LogP contribution in [0.15, 0.2) is 54.9 Å². The van der Waals surface area contributed by atoms with Crippen LogP contribution in [0.5, 0.6) is 0 Å². The van der Waals surface area contributed by atoms with E-state index in [9.17, 15) is 4.79 Å². The van der Waals surface area contributed by atoms with Gasteiger partial charge in [0, 0.05) is 17.7 Å². The molecule has 0 bridgehead atoms. The lowest BCUT2D eigenvalue weighted by Crippen LogP contribution is -3.00. The topological polar surface area (TPSA) is 20.9 Å². The van der Waals surface area contributed by atoms with Gasteiger partial charge in [-0.3, -0.25) is 4.79 Å². The van der Waals surface area contributed by atoms with Crippen molar-refractivity contribution in [2.24, 2.45) is 0 Å². The second-order valence-electron chi connectivity index (χ2n) is 8.66. The van der Waals surface area contributed by atoms with Gasteiger partial charge < -0.3 is 24.0 Å². The van der Waals surface area contributed by atoms with Gasteiger partial charge >= 0.3 is 0 Å². The summed E-state index contributed by atoms with van der Waals surface area (Å²) >= 11 is 0. The highest BCUT2D eigenvalue weighted by atomic mass is 127. The number of rotatable bonds is 17. The molecule has 2 aromatic rings. The summed E-state index contributed by atoms with van der Waals surface area (Å²) in [4.78, 5) is 12.4. The molecular formula is C28H42INO. The zero-order chi connectivity index (χ0) is 21.3. The largest absolute Gasteiger partial charge is 1.00 e. The van der Waals surface area contributed by atoms with Crippen molar-refractivity contribution < 1.29 is 33.3 Å². The fourth-order valence-electron chi connectivity index (χ4n) is 4.00. The molecule has 0 spiro atoms. The molecule has 3 heteroatoms. The number of aryl methyl sites for hydroxylation is 1. The average molecular weight is 536 g/mol. The van der Waals surface area contributed by atoms with Crippen molar-refractivity contribution in [3.8, 4) is 0 Å². The Kier molecular flexibility index (Phi) is 16.5. The average Bonchev–Trinajstić information content (AvgIpc) is 2.78. The first-order valence-corrected chi connectivity index (χ1v) is 12.4. The lowest BCUT2D eigenvalue weighted by Gasteiger charge is -2.04. The lowest BCUT2D eigenvalue weighted by molar-refractivity contribution is -0.683. The highest BCUT2D eigenvalue weighted by Crippen LogP contribution is 2.14. The highest BCUT2D eigenvalue weighted by molar-refractivity contribution is 5.95. The summed E-state index contributed by atoms with van der Waals surface area (Å²) in [6.07, 6.45) is 23.1. The van der Waals surface area contributed by atoms with Gasteiger partial charge in [0.1, 0.15) is 0 Å². The fourth-order valence-corrected chi connectivity index (χ4v) is 4.00. The van der Waals surface area contributed by atoms with Crippen LogP contribution in [0.3, 0.4) is 0 Å². The Morgan fingerprint density at radius 2 is 1.16 bits per heavy atom. The number of ketones is 1. The molecule has 2 rings (SSSR count). The van der Waals surface area contributed by atoms with Gasteiger partial charge in [-0.15, -0.1) is 0 Å². The normalized spacial score (nSPS) is 10.6. The maximum absolute atomic E-state index is 12.4. The van der Waals surface area contributed by atoms with Gasteiger partial charge in [0.15, 0.2) is 12.4 Å². The molecule has 0 aliphatic heterocycles. The minimum atomic E-state index is 0. The maximum atomic E-state index is 12.4. The molecule has 0 N–H and O–H groups in total. The van der Waals surface area contributed by atoms with E-state index in [-0.39, 0.29) is 29.8 Å². The van der Waals surface area contributed by atoms with Crippen molar-refractivity contribution in [3.63, 3.8) is 0 Å². The van der Waals surface area contributed by atoms with Crippen LogP contribution in [-0.4, -0.2) is 5.78 Å². The standard InChI is InChI=1S/C28H42NO.HI/c1-2-3-4-5-6-7-8-9-10-11-12-13-15-18-26-19-21-27(22-20-26)28(30)25-29-23-16-14-17-24-29;/h14,16-17,19-24H,2-13,15,18,25H2,1H3;1H/q+1;/p-1. The molecular weight excluding hydrogens is 493 g/mol. The van der Waals surface area contributed by atoms with E-state index < -0.39 is 0 Å². The Hall–Kier alpha value is -1.23. The minimum Gasteiger partial charge on any atom is -1.00 e. The predicted molar refractivity (Wildman–Crippen MR) is 127 cm³/mol. The number of aromatic nitrogens is 1. The van der Waals surface area contributed by atoms with Crippen LogP contribution in [-0.2, 0) is 13.0 Å². The summed E-state index contributed by atoms with van der Waals surface area (Å²) in [5.41, 5.74) is 2.16. The number of unbranched alkanes of at least 4 members (excludes halogenated alkanes) is 12. The molecule has 0 unspecified atom stereocenters. The summed E-state index contributed by atoms with van der Waals surface area (Å²) < 4.78 is 1.92. The van der Waals surface area contributed by atoms with Crippen molar-refractivity contribution in [1.29, 1.82) is 0 Å². The van der Waals surface area contributed by atoms with E-state index in [1.54, 1.807) is 0 Å². The van der Waals surface area contributed by atoms with Crippen LogP contribution in [0.2, 0.25) is 0 Å². The predicted octanol–water partition coefficient (Wildman–Crippen LogP) is 4.49. The van der Waals surface area contributed by atoms with E-state index in [0.29, 0.717) is 6.54 Å². The lowest BCUT2D eigenvalue weighted by atomic mass is 10.0. The van der Waals surface area contributed by atoms with Crippen molar-refractivity contribution in [3.05, 3.63) is 66.0 Å². The van der Waals surface area contributed by atoms with Crippen molar-refractivity contribution >= 4 is 5.78 Å². The number of nitrogens with zero attached hydrogens (tertiary/aromatic N) is 1. The number of halogens is 1. The van der Waals surface area contributed by atoms with E-state index in [0.717, 1.165) is 12.0 Å². The van der Waals surface area contributed by atoms with E-state index in [1.165, 1.54) is 89.0 Å². The first kappa shape index (κ1) is 27.8. The highest BCUT2D eigenvalue weighted by Gasteiger charge is 2.11. The Morgan fingerprint density at radius 3 is 1.68 bits per heavy atom. The van der Waals surface area contributed by atoms with Gasteiger partial charge in [-0.25, -0.2) is 0 Å².